The normalized spacial score (nSPS) is 16.9. The maximum absolute atomic E-state index is 14.0. The molecule has 0 radical (unpaired) electrons. The van der Waals surface area contributed by atoms with E-state index in [4.69, 9.17) is 0 Å². The molecule has 0 fully saturated rings. The summed E-state index contributed by atoms with van der Waals surface area (Å²) in [5, 5.41) is 2.08. The number of halogens is 2. The lowest BCUT2D eigenvalue weighted by Crippen LogP contribution is -2.18. The fraction of sp³-hybridized carbons (Fsp3) is 0.235. The van der Waals surface area contributed by atoms with Crippen LogP contribution in [0, 0.1) is 11.6 Å². The van der Waals surface area contributed by atoms with Gasteiger partial charge in [-0.15, -0.1) is 0 Å². The molecule has 0 N–H and O–H groups in total. The molecule has 0 aliphatic carbocycles. The fourth-order valence-electron chi connectivity index (χ4n) is 4.98. The van der Waals surface area contributed by atoms with Gasteiger partial charge in [-0.05, 0) is 94.8 Å². The van der Waals surface area contributed by atoms with Crippen molar-refractivity contribution >= 4 is 46.3 Å². The number of anilines is 4. The highest BCUT2D eigenvalue weighted by Gasteiger charge is 2.37. The van der Waals surface area contributed by atoms with Gasteiger partial charge in [0.15, 0.2) is 0 Å². The van der Waals surface area contributed by atoms with E-state index in [0.29, 0.717) is 0 Å². The second-order valence-electron chi connectivity index (χ2n) is 12.3. The Hall–Kier alpha value is -3.22. The van der Waals surface area contributed by atoms with Crippen LogP contribution in [0.15, 0.2) is 105 Å². The Bertz CT molecular complexity index is 1510. The zero-order valence-corrected chi connectivity index (χ0v) is 25.2. The number of nitrogens with zero attached hydrogens (tertiary/aromatic N) is 2. The number of fused-ring (bicyclic) bond motifs is 2. The molecule has 2 aliphatic heterocycles. The van der Waals surface area contributed by atoms with Crippen molar-refractivity contribution in [1.29, 1.82) is 0 Å². The Morgan fingerprint density at radius 1 is 0.500 bits per heavy atom. The van der Waals surface area contributed by atoms with Gasteiger partial charge in [0.1, 0.15) is 21.7 Å². The molecule has 4 aromatic carbocycles. The van der Waals surface area contributed by atoms with E-state index in [2.05, 4.69) is 87.7 Å². The Morgan fingerprint density at radius 2 is 0.850 bits per heavy atom. The monoisotopic (exact) mass is 570 g/mol. The number of rotatable bonds is 2. The third-order valence-corrected chi connectivity index (χ3v) is 9.67. The summed E-state index contributed by atoms with van der Waals surface area (Å²) in [5.41, 5.74) is 6.46. The van der Waals surface area contributed by atoms with Crippen molar-refractivity contribution in [1.82, 2.24) is 0 Å². The van der Waals surface area contributed by atoms with Crippen molar-refractivity contribution in [2.24, 2.45) is 0 Å². The van der Waals surface area contributed by atoms with E-state index in [1.807, 2.05) is 24.3 Å². The minimum atomic E-state index is -0.265. The number of hydrogen-bond donors (Lipinski definition) is 0. The van der Waals surface area contributed by atoms with Crippen LogP contribution in [0.3, 0.4) is 0 Å². The molecule has 0 amide bonds. The second kappa shape index (κ2) is 9.71. The van der Waals surface area contributed by atoms with Gasteiger partial charge in [0.25, 0.3) is 0 Å². The van der Waals surface area contributed by atoms with Gasteiger partial charge in [-0.2, -0.15) is 0 Å². The number of hydrogen-bond acceptors (Lipinski definition) is 4. The van der Waals surface area contributed by atoms with Gasteiger partial charge >= 0.3 is 0 Å². The molecule has 40 heavy (non-hydrogen) atoms. The zero-order valence-electron chi connectivity index (χ0n) is 23.5. The van der Waals surface area contributed by atoms with E-state index in [-0.39, 0.29) is 22.5 Å². The highest BCUT2D eigenvalue weighted by Crippen LogP contribution is 2.59. The van der Waals surface area contributed by atoms with Crippen LogP contribution in [0.25, 0.3) is 0 Å². The minimum Gasteiger partial charge on any atom is -0.301 e. The van der Waals surface area contributed by atoms with Crippen molar-refractivity contribution < 1.29 is 8.78 Å². The lowest BCUT2D eigenvalue weighted by Gasteiger charge is -2.27. The molecular weight excluding hydrogens is 539 g/mol. The first kappa shape index (κ1) is 27.0. The van der Waals surface area contributed by atoms with Crippen LogP contribution < -0.4 is 9.80 Å². The van der Waals surface area contributed by atoms with E-state index >= 15 is 0 Å². The zero-order chi connectivity index (χ0) is 28.4. The topological polar surface area (TPSA) is 6.48 Å². The van der Waals surface area contributed by atoms with Crippen LogP contribution in [0.4, 0.5) is 31.5 Å². The van der Waals surface area contributed by atoms with Crippen molar-refractivity contribution in [2.45, 2.75) is 62.2 Å². The van der Waals surface area contributed by atoms with E-state index in [1.54, 1.807) is 23.5 Å². The van der Waals surface area contributed by atoms with Crippen LogP contribution in [0.5, 0.6) is 0 Å². The van der Waals surface area contributed by atoms with Crippen molar-refractivity contribution in [2.75, 3.05) is 9.80 Å². The molecule has 0 saturated carbocycles. The third-order valence-electron chi connectivity index (χ3n) is 7.31. The van der Waals surface area contributed by atoms with Crippen LogP contribution in [-0.2, 0) is 10.8 Å². The van der Waals surface area contributed by atoms with E-state index in [9.17, 15) is 8.78 Å². The van der Waals surface area contributed by atoms with Gasteiger partial charge in [0, 0.05) is 21.2 Å². The van der Waals surface area contributed by atoms with E-state index < -0.39 is 0 Å². The lowest BCUT2D eigenvalue weighted by atomic mass is 9.87. The highest BCUT2D eigenvalue weighted by atomic mass is 32.2. The average molecular weight is 571 g/mol. The molecule has 0 spiro atoms. The van der Waals surface area contributed by atoms with E-state index in [0.717, 1.165) is 42.6 Å². The molecule has 0 unspecified atom stereocenters. The molecule has 6 heteroatoms. The maximum Gasteiger partial charge on any atom is 0.123 e. The summed E-state index contributed by atoms with van der Waals surface area (Å²) in [4.78, 5) is 6.76. The molecule has 4 aromatic rings. The Morgan fingerprint density at radius 3 is 1.18 bits per heavy atom. The van der Waals surface area contributed by atoms with Crippen LogP contribution in [-0.4, -0.2) is 0 Å². The van der Waals surface area contributed by atoms with Crippen molar-refractivity contribution in [3.63, 3.8) is 0 Å². The van der Waals surface area contributed by atoms with Gasteiger partial charge in [-0.1, -0.05) is 77.2 Å². The number of thioether (sulfide) groups is 2. The van der Waals surface area contributed by atoms with Gasteiger partial charge in [-0.3, -0.25) is 0 Å². The highest BCUT2D eigenvalue weighted by molar-refractivity contribution is 8.07. The quantitative estimate of drug-likeness (QED) is 0.236. The molecule has 6 rings (SSSR count). The SMILES string of the molecule is CC(C)(C)c1ccc2c(c1)S/C(=C1/Sc3cc(C(C)(C)C)ccc3N1c1ccc(F)cc1)N2c1ccc(F)cc1. The summed E-state index contributed by atoms with van der Waals surface area (Å²) in [6.07, 6.45) is 0. The first-order valence-corrected chi connectivity index (χ1v) is 15.0. The van der Waals surface area contributed by atoms with Crippen LogP contribution in [0.1, 0.15) is 52.7 Å². The molecule has 0 atom stereocenters. The molecule has 2 aliphatic rings. The van der Waals surface area contributed by atoms with Gasteiger partial charge in [0.05, 0.1) is 11.4 Å². The van der Waals surface area contributed by atoms with E-state index in [1.165, 1.54) is 35.4 Å². The lowest BCUT2D eigenvalue weighted by molar-refractivity contribution is 0.588. The molecule has 0 aromatic heterocycles. The maximum atomic E-state index is 14.0. The Labute approximate surface area is 244 Å². The second-order valence-corrected chi connectivity index (χ2v) is 14.4. The third kappa shape index (κ3) is 4.82. The fourth-order valence-corrected chi connectivity index (χ4v) is 7.50. The summed E-state index contributed by atoms with van der Waals surface area (Å²) in [7, 11) is 0. The standard InChI is InChI=1S/C34H32F2N2S2/c1-33(2,3)21-7-17-27-29(19-21)39-31(37(27)25-13-9-23(35)10-14-25)32-38(26-15-11-24(36)12-16-26)28-18-8-22(34(4,5)6)20-30(28)40-32/h7-20H,1-6H3/b32-31+. The molecular formula is C34H32F2N2S2. The largest absolute Gasteiger partial charge is 0.301 e. The van der Waals surface area contributed by atoms with Gasteiger partial charge in [-0.25, -0.2) is 8.78 Å². The number of benzene rings is 4. The summed E-state index contributed by atoms with van der Waals surface area (Å²) in [6.45, 7) is 13.3. The summed E-state index contributed by atoms with van der Waals surface area (Å²) in [6, 6.07) is 26.6. The molecule has 204 valence electrons. The summed E-state index contributed by atoms with van der Waals surface area (Å²) < 4.78 is 28.0. The Balaban J connectivity index is 1.58. The molecule has 2 heterocycles. The van der Waals surface area contributed by atoms with Gasteiger partial charge in [0.2, 0.25) is 0 Å². The van der Waals surface area contributed by atoms with Crippen molar-refractivity contribution in [3.05, 3.63) is 118 Å². The predicted octanol–water partition coefficient (Wildman–Crippen LogP) is 10.9. The Kier molecular flexibility index (Phi) is 6.54. The summed E-state index contributed by atoms with van der Waals surface area (Å²) >= 11 is 3.46. The summed E-state index contributed by atoms with van der Waals surface area (Å²) in [5.74, 6) is -0.531. The molecule has 0 bridgehead atoms. The van der Waals surface area contributed by atoms with Gasteiger partial charge < -0.3 is 9.80 Å². The molecule has 0 saturated heterocycles. The first-order chi connectivity index (χ1) is 18.9. The van der Waals surface area contributed by atoms with Crippen LogP contribution in [0.2, 0.25) is 0 Å². The predicted molar refractivity (Wildman–Crippen MR) is 166 cm³/mol. The van der Waals surface area contributed by atoms with Crippen LogP contribution >= 0.6 is 23.5 Å². The average Bonchev–Trinajstić information content (AvgIpc) is 3.46. The van der Waals surface area contributed by atoms with Crippen molar-refractivity contribution in [3.8, 4) is 0 Å². The first-order valence-electron chi connectivity index (χ1n) is 13.4. The minimum absolute atomic E-state index is 0.00798. The molecule has 2 nitrogen and oxygen atoms in total. The smallest absolute Gasteiger partial charge is 0.123 e.